The first-order chi connectivity index (χ1) is 9.31. The van der Waals surface area contributed by atoms with Gasteiger partial charge in [-0.3, -0.25) is 4.79 Å². The molecule has 0 aromatic heterocycles. The van der Waals surface area contributed by atoms with Gasteiger partial charge in [0.25, 0.3) is 0 Å². The monoisotopic (exact) mass is 257 g/mol. The van der Waals surface area contributed by atoms with Crippen molar-refractivity contribution in [1.29, 1.82) is 0 Å². The van der Waals surface area contributed by atoms with E-state index in [4.69, 9.17) is 4.74 Å². The average Bonchev–Trinajstić information content (AvgIpc) is 2.66. The lowest BCUT2D eigenvalue weighted by atomic mass is 9.83. The van der Waals surface area contributed by atoms with Crippen LogP contribution < -0.4 is 5.32 Å². The molecular weight excluding hydrogens is 238 g/mol. The number of carbonyl (C=O) groups excluding carboxylic acids is 1. The molecule has 1 aromatic carbocycles. The summed E-state index contributed by atoms with van der Waals surface area (Å²) < 4.78 is 5.88. The summed E-state index contributed by atoms with van der Waals surface area (Å²) in [5, 5.41) is 3.02. The van der Waals surface area contributed by atoms with Crippen LogP contribution in [-0.2, 0) is 9.53 Å². The van der Waals surface area contributed by atoms with Gasteiger partial charge < -0.3 is 10.1 Å². The number of fused-ring (bicyclic) bond motifs is 2. The van der Waals surface area contributed by atoms with Crippen molar-refractivity contribution in [2.24, 2.45) is 0 Å². The third kappa shape index (κ3) is 2.19. The van der Waals surface area contributed by atoms with Crippen molar-refractivity contribution in [2.75, 3.05) is 6.61 Å². The van der Waals surface area contributed by atoms with Gasteiger partial charge in [0.15, 0.2) is 0 Å². The van der Waals surface area contributed by atoms with Gasteiger partial charge in [0, 0.05) is 12.5 Å². The van der Waals surface area contributed by atoms with E-state index in [1.807, 2.05) is 24.3 Å². The first-order valence-electron chi connectivity index (χ1n) is 7.00. The number of rotatable bonds is 4. The number of hydrogen-bond acceptors (Lipinski definition) is 2. The van der Waals surface area contributed by atoms with Crippen LogP contribution in [0.2, 0.25) is 0 Å². The van der Waals surface area contributed by atoms with Crippen molar-refractivity contribution >= 4 is 5.91 Å². The molecule has 3 aliphatic rings. The van der Waals surface area contributed by atoms with Crippen molar-refractivity contribution in [2.45, 2.75) is 37.8 Å². The summed E-state index contributed by atoms with van der Waals surface area (Å²) in [6.45, 7) is 2.83. The molecule has 100 valence electrons. The van der Waals surface area contributed by atoms with E-state index >= 15 is 0 Å². The predicted molar refractivity (Wildman–Crippen MR) is 73.9 cm³/mol. The average molecular weight is 257 g/mol. The van der Waals surface area contributed by atoms with E-state index in [1.165, 1.54) is 5.56 Å². The Morgan fingerprint density at radius 2 is 2.00 bits per heavy atom. The second-order valence-corrected chi connectivity index (χ2v) is 5.17. The van der Waals surface area contributed by atoms with Crippen LogP contribution in [0.3, 0.4) is 0 Å². The summed E-state index contributed by atoms with van der Waals surface area (Å²) in [6.07, 6.45) is 6.00. The number of carbonyl (C=O) groups is 1. The third-order valence-corrected chi connectivity index (χ3v) is 3.89. The van der Waals surface area contributed by atoms with Crippen molar-refractivity contribution in [3.63, 3.8) is 0 Å². The summed E-state index contributed by atoms with van der Waals surface area (Å²) in [6, 6.07) is 8.17. The molecule has 0 radical (unpaired) electrons. The van der Waals surface area contributed by atoms with Gasteiger partial charge in [0.1, 0.15) is 6.23 Å². The number of amides is 1. The number of hydrogen-bond donors (Lipinski definition) is 1. The minimum Gasteiger partial charge on any atom is -0.358 e. The van der Waals surface area contributed by atoms with Crippen LogP contribution >= 0.6 is 0 Å². The predicted octanol–water partition coefficient (Wildman–Crippen LogP) is 2.70. The molecule has 1 unspecified atom stereocenters. The second-order valence-electron chi connectivity index (χ2n) is 5.17. The molecule has 3 atom stereocenters. The van der Waals surface area contributed by atoms with Gasteiger partial charge in [-0.25, -0.2) is 0 Å². The third-order valence-electron chi connectivity index (χ3n) is 3.89. The Morgan fingerprint density at radius 1 is 1.21 bits per heavy atom. The van der Waals surface area contributed by atoms with E-state index in [2.05, 4.69) is 24.4 Å². The van der Waals surface area contributed by atoms with Gasteiger partial charge in [-0.15, -0.1) is 0 Å². The van der Waals surface area contributed by atoms with Gasteiger partial charge >= 0.3 is 0 Å². The van der Waals surface area contributed by atoms with E-state index in [0.717, 1.165) is 18.4 Å². The first kappa shape index (κ1) is 12.4. The molecule has 1 amide bonds. The highest BCUT2D eigenvalue weighted by atomic mass is 16.5. The normalized spacial score (nSPS) is 27.8. The SMILES string of the molecule is CCCCOC1NC(=O)[C@@H]2C=C[C@H]1c1ccccc12. The highest BCUT2D eigenvalue weighted by molar-refractivity contribution is 5.88. The minimum atomic E-state index is -0.232. The molecule has 0 saturated heterocycles. The fourth-order valence-corrected chi connectivity index (χ4v) is 2.85. The molecule has 3 nitrogen and oxygen atoms in total. The highest BCUT2D eigenvalue weighted by Gasteiger charge is 2.37. The van der Waals surface area contributed by atoms with E-state index in [9.17, 15) is 4.79 Å². The number of nitrogens with one attached hydrogen (secondary N) is 1. The summed E-state index contributed by atoms with van der Waals surface area (Å²) >= 11 is 0. The van der Waals surface area contributed by atoms with Gasteiger partial charge in [-0.2, -0.15) is 0 Å². The van der Waals surface area contributed by atoms with Crippen molar-refractivity contribution in [3.05, 3.63) is 47.5 Å². The van der Waals surface area contributed by atoms with Crippen LogP contribution in [0.25, 0.3) is 0 Å². The van der Waals surface area contributed by atoms with Gasteiger partial charge in [-0.1, -0.05) is 49.8 Å². The van der Waals surface area contributed by atoms with E-state index in [1.54, 1.807) is 0 Å². The summed E-state index contributed by atoms with van der Waals surface area (Å²) in [5.74, 6) is 0.0215. The largest absolute Gasteiger partial charge is 0.358 e. The molecular formula is C16H19NO2. The molecule has 2 aliphatic heterocycles. The maximum atomic E-state index is 12.2. The van der Waals surface area contributed by atoms with Crippen LogP contribution in [0.5, 0.6) is 0 Å². The van der Waals surface area contributed by atoms with Crippen molar-refractivity contribution in [1.82, 2.24) is 5.32 Å². The van der Waals surface area contributed by atoms with E-state index in [0.29, 0.717) is 6.61 Å². The molecule has 19 heavy (non-hydrogen) atoms. The molecule has 2 heterocycles. The Morgan fingerprint density at radius 3 is 2.79 bits per heavy atom. The zero-order valence-electron chi connectivity index (χ0n) is 11.1. The van der Waals surface area contributed by atoms with Crippen LogP contribution in [0.4, 0.5) is 0 Å². The van der Waals surface area contributed by atoms with Gasteiger partial charge in [-0.05, 0) is 17.5 Å². The Labute approximate surface area is 113 Å². The molecule has 1 aromatic rings. The van der Waals surface area contributed by atoms with Gasteiger partial charge in [0.05, 0.1) is 5.92 Å². The Balaban J connectivity index is 1.90. The number of benzene rings is 1. The molecule has 0 spiro atoms. The quantitative estimate of drug-likeness (QED) is 0.665. The first-order valence-corrected chi connectivity index (χ1v) is 7.00. The van der Waals surface area contributed by atoms with Crippen LogP contribution in [-0.4, -0.2) is 18.7 Å². The molecule has 1 N–H and O–H groups in total. The fourth-order valence-electron chi connectivity index (χ4n) is 2.85. The lowest BCUT2D eigenvalue weighted by Gasteiger charge is -2.25. The molecule has 4 rings (SSSR count). The summed E-state index contributed by atoms with van der Waals surface area (Å²) in [5.41, 5.74) is 2.34. The summed E-state index contributed by atoms with van der Waals surface area (Å²) in [4.78, 5) is 12.2. The molecule has 0 saturated carbocycles. The lowest BCUT2D eigenvalue weighted by molar-refractivity contribution is -0.125. The zero-order valence-corrected chi connectivity index (χ0v) is 11.1. The molecule has 1 aliphatic carbocycles. The van der Waals surface area contributed by atoms with Crippen LogP contribution in [0.15, 0.2) is 36.4 Å². The molecule has 0 fully saturated rings. The van der Waals surface area contributed by atoms with Crippen molar-refractivity contribution < 1.29 is 9.53 Å². The second kappa shape index (κ2) is 5.17. The lowest BCUT2D eigenvalue weighted by Crippen LogP contribution is -2.39. The molecule has 3 heteroatoms. The minimum absolute atomic E-state index is 0.0465. The van der Waals surface area contributed by atoms with E-state index in [-0.39, 0.29) is 24.0 Å². The Hall–Kier alpha value is -1.61. The standard InChI is InChI=1S/C16H19NO2/c1-2-3-10-19-16-14-9-8-13(15(18)17-16)11-6-4-5-7-12(11)14/h4-9,13-14,16H,2-3,10H2,1H3,(H,17,18)/t13-,14+,16?/m1/s1. The van der Waals surface area contributed by atoms with Gasteiger partial charge in [0.2, 0.25) is 5.91 Å². The Bertz CT molecular complexity index is 509. The zero-order chi connectivity index (χ0) is 13.2. The van der Waals surface area contributed by atoms with Crippen LogP contribution in [0.1, 0.15) is 42.7 Å². The topological polar surface area (TPSA) is 38.3 Å². The highest BCUT2D eigenvalue weighted by Crippen LogP contribution is 2.38. The molecule has 2 bridgehead atoms. The fraction of sp³-hybridized carbons (Fsp3) is 0.438. The smallest absolute Gasteiger partial charge is 0.233 e. The Kier molecular flexibility index (Phi) is 3.38. The maximum Gasteiger partial charge on any atom is 0.233 e. The van der Waals surface area contributed by atoms with Crippen molar-refractivity contribution in [3.8, 4) is 0 Å². The summed E-state index contributed by atoms with van der Waals surface area (Å²) in [7, 11) is 0. The number of ether oxygens (including phenoxy) is 1. The van der Waals surface area contributed by atoms with Crippen LogP contribution in [0, 0.1) is 0 Å². The van der Waals surface area contributed by atoms with E-state index < -0.39 is 0 Å². The number of unbranched alkanes of at least 4 members (excludes halogenated alkanes) is 1. The maximum absolute atomic E-state index is 12.2.